The third kappa shape index (κ3) is 5.78. The normalized spacial score (nSPS) is 10.6. The molecule has 0 amide bonds. The molecule has 3 N–H and O–H groups in total. The highest BCUT2D eigenvalue weighted by atomic mass is 35.5. The van der Waals surface area contributed by atoms with Crippen molar-refractivity contribution >= 4 is 42.8 Å². The van der Waals surface area contributed by atoms with E-state index in [1.54, 1.807) is 24.5 Å². The smallest absolute Gasteiger partial charge is 0.332 e. The van der Waals surface area contributed by atoms with Crippen molar-refractivity contribution in [2.24, 2.45) is 0 Å². The molecule has 0 aliphatic carbocycles. The highest BCUT2D eigenvalue weighted by molar-refractivity contribution is 7.52. The van der Waals surface area contributed by atoms with E-state index in [4.69, 9.17) is 33.0 Å². The van der Waals surface area contributed by atoms with Crippen molar-refractivity contribution in [2.45, 2.75) is 0 Å². The number of hydrogen-bond acceptors (Lipinski definition) is 4. The third-order valence-corrected chi connectivity index (χ3v) is 3.71. The molecular formula is C12H11Cl2N2O6P. The molecule has 0 spiro atoms. The number of aromatic amines is 1. The van der Waals surface area contributed by atoms with Crippen LogP contribution in [0.25, 0.3) is 11.1 Å². The van der Waals surface area contributed by atoms with Crippen LogP contribution >= 0.6 is 30.8 Å². The van der Waals surface area contributed by atoms with Gasteiger partial charge >= 0.3 is 7.60 Å². The van der Waals surface area contributed by atoms with Gasteiger partial charge in [-0.3, -0.25) is 14.7 Å². The number of para-hydroxylation sites is 1. The molecule has 2 rings (SSSR count). The fourth-order valence-electron chi connectivity index (χ4n) is 1.57. The molecule has 0 saturated heterocycles. The molecule has 0 unspecified atom stereocenters. The van der Waals surface area contributed by atoms with Crippen molar-refractivity contribution < 1.29 is 24.1 Å². The van der Waals surface area contributed by atoms with Crippen LogP contribution in [0.5, 0.6) is 0 Å². The predicted octanol–water partition coefficient (Wildman–Crippen LogP) is 3.26. The van der Waals surface area contributed by atoms with Gasteiger partial charge in [-0.2, -0.15) is 0 Å². The predicted molar refractivity (Wildman–Crippen MR) is 85.9 cm³/mol. The molecule has 1 heterocycles. The topological polar surface area (TPSA) is 134 Å². The van der Waals surface area contributed by atoms with Crippen LogP contribution in [0.4, 0.5) is 5.69 Å². The molecule has 0 fully saturated rings. The highest BCUT2D eigenvalue weighted by Crippen LogP contribution is 2.38. The Balaban J connectivity index is 0.000000322. The van der Waals surface area contributed by atoms with Crippen LogP contribution in [0.15, 0.2) is 30.6 Å². The maximum absolute atomic E-state index is 10.9. The second kappa shape index (κ2) is 8.24. The summed E-state index contributed by atoms with van der Waals surface area (Å²) < 4.78 is 9.69. The quantitative estimate of drug-likeness (QED) is 0.322. The average Bonchev–Trinajstić information content (AvgIpc) is 2.83. The number of halogens is 2. The molecule has 11 heteroatoms. The average molecular weight is 381 g/mol. The molecule has 0 radical (unpaired) electrons. The Hall–Kier alpha value is -1.70. The molecule has 1 aromatic carbocycles. The van der Waals surface area contributed by atoms with Crippen LogP contribution in [0.2, 0.25) is 10.0 Å². The van der Waals surface area contributed by atoms with Crippen LogP contribution in [0.3, 0.4) is 0 Å². The number of hydrogen-bond donors (Lipinski definition) is 3. The summed E-state index contributed by atoms with van der Waals surface area (Å²) in [5.74, 6) is 0. The molecule has 1 aromatic heterocycles. The zero-order valence-electron chi connectivity index (χ0n) is 11.3. The number of nitro groups is 1. The summed E-state index contributed by atoms with van der Waals surface area (Å²) in [4.78, 5) is 38.3. The molecular weight excluding hydrogens is 370 g/mol. The van der Waals surface area contributed by atoms with Gasteiger partial charge in [0, 0.05) is 18.0 Å². The van der Waals surface area contributed by atoms with E-state index < -0.39 is 18.7 Å². The summed E-state index contributed by atoms with van der Waals surface area (Å²) in [6.45, 7) is 0. The molecule has 124 valence electrons. The van der Waals surface area contributed by atoms with Gasteiger partial charge in [-0.05, 0) is 12.1 Å². The second-order valence-electron chi connectivity index (χ2n) is 4.12. The van der Waals surface area contributed by atoms with Crippen molar-refractivity contribution in [2.75, 3.05) is 6.16 Å². The standard InChI is InChI=1S/C10H6Cl2N2O2.C2H5O4P/c11-8-3-1-2-6(10(8)14(15)16)7-4-13-5-9(7)12;3-1-2-7(4,5)6/h1-5,13H;1H,2H2,(H2,4,5,6). The Morgan fingerprint density at radius 1 is 1.22 bits per heavy atom. The molecule has 23 heavy (non-hydrogen) atoms. The molecule has 0 saturated carbocycles. The van der Waals surface area contributed by atoms with Gasteiger partial charge in [0.25, 0.3) is 5.69 Å². The van der Waals surface area contributed by atoms with E-state index in [2.05, 4.69) is 4.98 Å². The van der Waals surface area contributed by atoms with E-state index in [0.29, 0.717) is 16.1 Å². The minimum absolute atomic E-state index is 0.0970. The van der Waals surface area contributed by atoms with Crippen LogP contribution in [-0.4, -0.2) is 32.1 Å². The van der Waals surface area contributed by atoms with Gasteiger partial charge in [-0.15, -0.1) is 0 Å². The van der Waals surface area contributed by atoms with E-state index in [1.165, 1.54) is 6.07 Å². The lowest BCUT2D eigenvalue weighted by atomic mass is 10.1. The Morgan fingerprint density at radius 3 is 2.26 bits per heavy atom. The number of nitro benzene ring substituents is 1. The largest absolute Gasteiger partial charge is 0.366 e. The summed E-state index contributed by atoms with van der Waals surface area (Å²) in [5.41, 5.74) is 0.838. The lowest BCUT2D eigenvalue weighted by molar-refractivity contribution is -0.384. The van der Waals surface area contributed by atoms with E-state index in [9.17, 15) is 19.5 Å². The van der Waals surface area contributed by atoms with E-state index in [0.717, 1.165) is 0 Å². The van der Waals surface area contributed by atoms with Gasteiger partial charge in [0.15, 0.2) is 0 Å². The number of aldehydes is 1. The van der Waals surface area contributed by atoms with E-state index in [1.807, 2.05) is 0 Å². The van der Waals surface area contributed by atoms with Gasteiger partial charge in [-0.25, -0.2) is 0 Å². The van der Waals surface area contributed by atoms with Gasteiger partial charge in [0.1, 0.15) is 17.5 Å². The summed E-state index contributed by atoms with van der Waals surface area (Å²) in [5, 5.41) is 11.4. The number of nitrogens with one attached hydrogen (secondary N) is 1. The summed E-state index contributed by atoms with van der Waals surface area (Å²) >= 11 is 11.7. The zero-order valence-corrected chi connectivity index (χ0v) is 13.8. The third-order valence-electron chi connectivity index (χ3n) is 2.47. The Bertz CT molecular complexity index is 758. The fourth-order valence-corrected chi connectivity index (χ4v) is 2.22. The van der Waals surface area contributed by atoms with E-state index >= 15 is 0 Å². The minimum atomic E-state index is -4.03. The number of rotatable bonds is 4. The van der Waals surface area contributed by atoms with Gasteiger partial charge < -0.3 is 19.6 Å². The zero-order chi connectivity index (χ0) is 17.6. The molecule has 0 atom stereocenters. The van der Waals surface area contributed by atoms with Crippen molar-refractivity contribution in [3.63, 3.8) is 0 Å². The van der Waals surface area contributed by atoms with Crippen LogP contribution < -0.4 is 0 Å². The first-order valence-corrected chi connectivity index (χ1v) is 8.46. The maximum Gasteiger partial charge on any atom is 0.332 e. The second-order valence-corrected chi connectivity index (χ2v) is 6.63. The fraction of sp³-hybridized carbons (Fsp3) is 0.0833. The first kappa shape index (κ1) is 19.3. The Morgan fingerprint density at radius 2 is 1.87 bits per heavy atom. The number of carbonyl (C=O) groups excluding carboxylic acids is 1. The van der Waals surface area contributed by atoms with Crippen molar-refractivity contribution in [3.8, 4) is 11.1 Å². The summed E-state index contributed by atoms with van der Waals surface area (Å²) in [6.07, 6.45) is 2.68. The molecule has 8 nitrogen and oxygen atoms in total. The van der Waals surface area contributed by atoms with Gasteiger partial charge in [-0.1, -0.05) is 29.3 Å². The number of carbonyl (C=O) groups is 1. The lowest BCUT2D eigenvalue weighted by Gasteiger charge is -2.02. The molecule has 0 bridgehead atoms. The van der Waals surface area contributed by atoms with Gasteiger partial charge in [0.05, 0.1) is 15.5 Å². The monoisotopic (exact) mass is 380 g/mol. The Labute approximate surface area is 140 Å². The maximum atomic E-state index is 10.9. The number of benzene rings is 1. The van der Waals surface area contributed by atoms with Crippen molar-refractivity contribution in [3.05, 3.63) is 50.8 Å². The van der Waals surface area contributed by atoms with Crippen LogP contribution in [0.1, 0.15) is 0 Å². The number of H-pyrrole nitrogens is 1. The van der Waals surface area contributed by atoms with Crippen molar-refractivity contribution in [1.29, 1.82) is 0 Å². The summed E-state index contributed by atoms with van der Waals surface area (Å²) in [6, 6.07) is 4.73. The van der Waals surface area contributed by atoms with Crippen molar-refractivity contribution in [1.82, 2.24) is 4.98 Å². The first-order valence-electron chi connectivity index (χ1n) is 5.91. The van der Waals surface area contributed by atoms with Gasteiger partial charge in [0.2, 0.25) is 0 Å². The number of nitrogens with zero attached hydrogens (tertiary/aromatic N) is 1. The van der Waals surface area contributed by atoms with Crippen LogP contribution in [-0.2, 0) is 9.36 Å². The highest BCUT2D eigenvalue weighted by Gasteiger charge is 2.21. The Kier molecular flexibility index (Phi) is 6.93. The van der Waals surface area contributed by atoms with Crippen LogP contribution in [0, 0.1) is 10.1 Å². The molecule has 0 aliphatic heterocycles. The minimum Gasteiger partial charge on any atom is -0.366 e. The molecule has 0 aliphatic rings. The first-order chi connectivity index (χ1) is 10.7. The SMILES string of the molecule is O=CCP(=O)(O)O.O=[N+]([O-])c1c(Cl)cccc1-c1c[nH]cc1Cl. The lowest BCUT2D eigenvalue weighted by Crippen LogP contribution is -1.92. The summed E-state index contributed by atoms with van der Waals surface area (Å²) in [7, 11) is -4.03. The number of aromatic nitrogens is 1. The van der Waals surface area contributed by atoms with E-state index in [-0.39, 0.29) is 17.0 Å². The molecule has 2 aromatic rings.